The lowest BCUT2D eigenvalue weighted by atomic mass is 9.91. The number of benzene rings is 1. The first-order valence-electron chi connectivity index (χ1n) is 10.4. The number of para-hydroxylation sites is 1. The molecule has 2 saturated heterocycles. The number of aromatic nitrogens is 2. The van der Waals surface area contributed by atoms with E-state index >= 15 is 0 Å². The molecule has 152 valence electrons. The molecule has 2 fully saturated rings. The van der Waals surface area contributed by atoms with Gasteiger partial charge in [0.2, 0.25) is 0 Å². The van der Waals surface area contributed by atoms with Crippen LogP contribution in [0, 0.1) is 18.7 Å². The van der Waals surface area contributed by atoms with Gasteiger partial charge in [-0.3, -0.25) is 4.90 Å². The van der Waals surface area contributed by atoms with Crippen molar-refractivity contribution in [2.75, 3.05) is 42.9 Å². The number of halogens is 1. The molecule has 0 saturated carbocycles. The fourth-order valence-electron chi connectivity index (χ4n) is 4.68. The molecule has 29 heavy (non-hydrogen) atoms. The van der Waals surface area contributed by atoms with Crippen LogP contribution < -0.4 is 10.2 Å². The fourth-order valence-corrected chi connectivity index (χ4v) is 4.68. The van der Waals surface area contributed by atoms with Gasteiger partial charge >= 0.3 is 0 Å². The molecule has 0 unspecified atom stereocenters. The van der Waals surface area contributed by atoms with Crippen molar-refractivity contribution in [1.29, 1.82) is 0 Å². The highest BCUT2D eigenvalue weighted by Crippen LogP contribution is 2.31. The lowest BCUT2D eigenvalue weighted by Crippen LogP contribution is -2.57. The molecule has 4 heterocycles. The minimum absolute atomic E-state index is 0.286. The highest BCUT2D eigenvalue weighted by molar-refractivity contribution is 5.88. The van der Waals surface area contributed by atoms with E-state index in [1.54, 1.807) is 0 Å². The van der Waals surface area contributed by atoms with E-state index in [1.807, 2.05) is 25.1 Å². The highest BCUT2D eigenvalue weighted by Gasteiger charge is 2.34. The number of rotatable bonds is 4. The van der Waals surface area contributed by atoms with Gasteiger partial charge in [0.25, 0.3) is 0 Å². The van der Waals surface area contributed by atoms with Crippen molar-refractivity contribution in [2.45, 2.75) is 25.8 Å². The first kappa shape index (κ1) is 18.4. The number of pyridine rings is 1. The highest BCUT2D eigenvalue weighted by atomic mass is 19.1. The Bertz CT molecular complexity index is 1010. The Morgan fingerprint density at radius 3 is 3.00 bits per heavy atom. The molecule has 2 aromatic heterocycles. The van der Waals surface area contributed by atoms with Gasteiger partial charge in [-0.25, -0.2) is 9.37 Å². The van der Waals surface area contributed by atoms with Crippen molar-refractivity contribution in [3.8, 4) is 0 Å². The van der Waals surface area contributed by atoms with Gasteiger partial charge in [-0.1, -0.05) is 17.3 Å². The molecule has 0 aliphatic carbocycles. The van der Waals surface area contributed by atoms with Crippen LogP contribution in [0.1, 0.15) is 18.4 Å². The number of hydrogen-bond acceptors (Lipinski definition) is 6. The predicted octanol–water partition coefficient (Wildman–Crippen LogP) is 3.68. The molecule has 0 radical (unpaired) electrons. The summed E-state index contributed by atoms with van der Waals surface area (Å²) in [5.41, 5.74) is 1.71. The molecule has 0 amide bonds. The van der Waals surface area contributed by atoms with Gasteiger partial charge in [-0.15, -0.1) is 0 Å². The molecule has 0 spiro atoms. The molecular formula is C22H26FN5O. The summed E-state index contributed by atoms with van der Waals surface area (Å²) >= 11 is 0. The summed E-state index contributed by atoms with van der Waals surface area (Å²) in [5, 5.41) is 8.86. The first-order valence-corrected chi connectivity index (χ1v) is 10.4. The molecule has 0 bridgehead atoms. The van der Waals surface area contributed by atoms with E-state index in [4.69, 9.17) is 4.52 Å². The van der Waals surface area contributed by atoms with Gasteiger partial charge in [-0.05, 0) is 49.4 Å². The maximum Gasteiger partial charge on any atom is 0.180 e. The number of aryl methyl sites for hydroxylation is 1. The van der Waals surface area contributed by atoms with Crippen molar-refractivity contribution < 1.29 is 8.91 Å². The van der Waals surface area contributed by atoms with Crippen molar-refractivity contribution in [1.82, 2.24) is 15.0 Å². The summed E-state index contributed by atoms with van der Waals surface area (Å²) in [5.74, 6) is 2.06. The molecule has 3 aromatic rings. The maximum absolute atomic E-state index is 13.2. The Morgan fingerprint density at radius 2 is 2.10 bits per heavy atom. The quantitative estimate of drug-likeness (QED) is 0.727. The SMILES string of the molecule is Cc1cc(F)cnc1NC[C@H]1CC[C@H]2CN(c3noc4ccccc34)CCN2C1. The number of nitrogens with zero attached hydrogens (tertiary/aromatic N) is 4. The van der Waals surface area contributed by atoms with Gasteiger partial charge in [0.1, 0.15) is 11.6 Å². The van der Waals surface area contributed by atoms with E-state index < -0.39 is 0 Å². The molecule has 7 heteroatoms. The lowest BCUT2D eigenvalue weighted by Gasteiger charge is -2.46. The molecule has 1 aromatic carbocycles. The summed E-state index contributed by atoms with van der Waals surface area (Å²) in [6.45, 7) is 6.85. The van der Waals surface area contributed by atoms with Gasteiger partial charge < -0.3 is 14.7 Å². The summed E-state index contributed by atoms with van der Waals surface area (Å²) < 4.78 is 18.7. The fraction of sp³-hybridized carbons (Fsp3) is 0.455. The zero-order chi connectivity index (χ0) is 19.8. The Kier molecular flexibility index (Phi) is 4.83. The largest absolute Gasteiger partial charge is 0.370 e. The van der Waals surface area contributed by atoms with Crippen molar-refractivity contribution in [3.63, 3.8) is 0 Å². The molecule has 2 aliphatic heterocycles. The van der Waals surface area contributed by atoms with Crippen LogP contribution in [-0.4, -0.2) is 53.8 Å². The zero-order valence-corrected chi connectivity index (χ0v) is 16.6. The van der Waals surface area contributed by atoms with Crippen LogP contribution in [0.15, 0.2) is 41.1 Å². The predicted molar refractivity (Wildman–Crippen MR) is 112 cm³/mol. The Labute approximate surface area is 169 Å². The lowest BCUT2D eigenvalue weighted by molar-refractivity contribution is 0.0994. The number of piperazine rings is 1. The minimum atomic E-state index is -0.286. The molecule has 6 nitrogen and oxygen atoms in total. The van der Waals surface area contributed by atoms with Gasteiger partial charge in [0, 0.05) is 38.8 Å². The second-order valence-electron chi connectivity index (χ2n) is 8.24. The minimum Gasteiger partial charge on any atom is -0.370 e. The van der Waals surface area contributed by atoms with Crippen LogP contribution in [0.3, 0.4) is 0 Å². The van der Waals surface area contributed by atoms with E-state index in [0.29, 0.717) is 12.0 Å². The average molecular weight is 395 g/mol. The number of fused-ring (bicyclic) bond motifs is 2. The van der Waals surface area contributed by atoms with E-state index in [-0.39, 0.29) is 5.82 Å². The van der Waals surface area contributed by atoms with E-state index in [9.17, 15) is 4.39 Å². The third kappa shape index (κ3) is 3.67. The topological polar surface area (TPSA) is 57.4 Å². The maximum atomic E-state index is 13.2. The third-order valence-corrected chi connectivity index (χ3v) is 6.27. The van der Waals surface area contributed by atoms with Crippen LogP contribution >= 0.6 is 0 Å². The van der Waals surface area contributed by atoms with E-state index in [0.717, 1.165) is 60.9 Å². The second kappa shape index (κ2) is 7.63. The summed E-state index contributed by atoms with van der Waals surface area (Å²) in [4.78, 5) is 9.17. The normalized spacial score (nSPS) is 22.6. The molecule has 5 rings (SSSR count). The van der Waals surface area contributed by atoms with E-state index in [1.165, 1.54) is 25.1 Å². The number of anilines is 2. The average Bonchev–Trinajstić information content (AvgIpc) is 3.17. The zero-order valence-electron chi connectivity index (χ0n) is 16.6. The molecule has 2 aliphatic rings. The van der Waals surface area contributed by atoms with Crippen molar-refractivity contribution in [2.24, 2.45) is 5.92 Å². The standard InChI is InChI=1S/C22H26FN5O/c1-15-10-17(23)12-25-21(15)24-11-16-6-7-18-14-28(9-8-27(18)13-16)22-19-4-2-3-5-20(19)29-26-22/h2-5,10,12,16,18H,6-9,11,13-14H2,1H3,(H,24,25)/t16-,18+/m1/s1. The monoisotopic (exact) mass is 395 g/mol. The first-order chi connectivity index (χ1) is 14.2. The van der Waals surface area contributed by atoms with Gasteiger partial charge in [0.15, 0.2) is 11.4 Å². The third-order valence-electron chi connectivity index (χ3n) is 6.27. The van der Waals surface area contributed by atoms with Crippen LogP contribution in [0.25, 0.3) is 11.0 Å². The smallest absolute Gasteiger partial charge is 0.180 e. The van der Waals surface area contributed by atoms with Crippen molar-refractivity contribution in [3.05, 3.63) is 47.9 Å². The number of nitrogens with one attached hydrogen (secondary N) is 1. The second-order valence-corrected chi connectivity index (χ2v) is 8.24. The van der Waals surface area contributed by atoms with Crippen LogP contribution in [0.5, 0.6) is 0 Å². The molecule has 2 atom stereocenters. The van der Waals surface area contributed by atoms with E-state index in [2.05, 4.69) is 31.3 Å². The Balaban J connectivity index is 1.19. The van der Waals surface area contributed by atoms with Crippen LogP contribution in [0.2, 0.25) is 0 Å². The van der Waals surface area contributed by atoms with Gasteiger partial charge in [-0.2, -0.15) is 0 Å². The molecule has 1 N–H and O–H groups in total. The summed E-state index contributed by atoms with van der Waals surface area (Å²) in [6.07, 6.45) is 3.63. The Hall–Kier alpha value is -2.67. The van der Waals surface area contributed by atoms with Gasteiger partial charge in [0.05, 0.1) is 11.6 Å². The van der Waals surface area contributed by atoms with Crippen LogP contribution in [0.4, 0.5) is 16.0 Å². The summed E-state index contributed by atoms with van der Waals surface area (Å²) in [7, 11) is 0. The Morgan fingerprint density at radius 1 is 1.21 bits per heavy atom. The van der Waals surface area contributed by atoms with Crippen LogP contribution in [-0.2, 0) is 0 Å². The number of hydrogen-bond donors (Lipinski definition) is 1. The summed E-state index contributed by atoms with van der Waals surface area (Å²) in [6, 6.07) is 10.2. The number of piperidine rings is 1. The van der Waals surface area contributed by atoms with Crippen molar-refractivity contribution >= 4 is 22.6 Å². The molecular weight excluding hydrogens is 369 g/mol.